The lowest BCUT2D eigenvalue weighted by molar-refractivity contribution is -0.139. The summed E-state index contributed by atoms with van der Waals surface area (Å²) in [7, 11) is 0. The normalized spacial score (nSPS) is 13.6. The predicted octanol–water partition coefficient (Wildman–Crippen LogP) is 0.340. The molecule has 0 radical (unpaired) electrons. The maximum atomic E-state index is 12.6. The molecule has 10 nitrogen and oxygen atoms in total. The Kier molecular flexibility index (Phi) is 9.25. The highest BCUT2D eigenvalue weighted by Crippen LogP contribution is 2.19. The number of hydrogen-bond donors (Lipinski definition) is 5. The topological polar surface area (TPSA) is 168 Å². The second kappa shape index (κ2) is 11.1. The number of halogens is 1. The van der Waals surface area contributed by atoms with Crippen LogP contribution in [0.5, 0.6) is 0 Å². The molecule has 0 aromatic heterocycles. The number of carbonyl (C=O) groups excluding carboxylic acids is 4. The van der Waals surface area contributed by atoms with Crippen LogP contribution >= 0.6 is 11.6 Å². The highest BCUT2D eigenvalue weighted by molar-refractivity contribution is 6.33. The maximum absolute atomic E-state index is 12.6. The average molecular weight is 441 g/mol. The summed E-state index contributed by atoms with van der Waals surface area (Å²) < 4.78 is 0. The van der Waals surface area contributed by atoms with Crippen LogP contribution in [0, 0.1) is 5.92 Å². The summed E-state index contributed by atoms with van der Waals surface area (Å²) in [5.41, 5.74) is 6.14. The van der Waals surface area contributed by atoms with Crippen molar-refractivity contribution in [2.24, 2.45) is 5.92 Å². The van der Waals surface area contributed by atoms with Gasteiger partial charge in [-0.15, -0.1) is 0 Å². The smallest absolute Gasteiger partial charge is 0.305 e. The predicted molar refractivity (Wildman–Crippen MR) is 110 cm³/mol. The number of carbonyl (C=O) groups is 5. The van der Waals surface area contributed by atoms with Crippen LogP contribution in [0.1, 0.15) is 37.6 Å². The fraction of sp³-hybridized carbons (Fsp3) is 0.421. The molecule has 3 atom stereocenters. The molecule has 6 N–H and O–H groups in total. The number of anilines is 1. The Morgan fingerprint density at radius 3 is 2.23 bits per heavy atom. The molecule has 1 rings (SSSR count). The zero-order valence-corrected chi connectivity index (χ0v) is 17.5. The summed E-state index contributed by atoms with van der Waals surface area (Å²) in [5, 5.41) is 16.2. The van der Waals surface area contributed by atoms with Crippen LogP contribution in [0.15, 0.2) is 18.2 Å². The summed E-state index contributed by atoms with van der Waals surface area (Å²) >= 11 is 5.92. The molecule has 11 heteroatoms. The first-order valence-electron chi connectivity index (χ1n) is 9.10. The van der Waals surface area contributed by atoms with Crippen molar-refractivity contribution in [3.05, 3.63) is 28.8 Å². The van der Waals surface area contributed by atoms with E-state index in [4.69, 9.17) is 22.4 Å². The third kappa shape index (κ3) is 7.36. The van der Waals surface area contributed by atoms with Gasteiger partial charge in [0.15, 0.2) is 0 Å². The fourth-order valence-corrected chi connectivity index (χ4v) is 2.61. The molecule has 0 bridgehead atoms. The van der Waals surface area contributed by atoms with E-state index >= 15 is 0 Å². The largest absolute Gasteiger partial charge is 0.481 e. The lowest BCUT2D eigenvalue weighted by Crippen LogP contribution is -2.55. The van der Waals surface area contributed by atoms with E-state index < -0.39 is 48.2 Å². The number of nitrogens with one attached hydrogen (secondary N) is 3. The van der Waals surface area contributed by atoms with E-state index in [1.54, 1.807) is 13.8 Å². The van der Waals surface area contributed by atoms with Crippen molar-refractivity contribution < 1.29 is 29.1 Å². The first kappa shape index (κ1) is 24.9. The number of hydrogen-bond acceptors (Lipinski definition) is 6. The number of aldehydes is 1. The van der Waals surface area contributed by atoms with E-state index in [0.29, 0.717) is 12.0 Å². The number of rotatable bonds is 10. The van der Waals surface area contributed by atoms with E-state index in [2.05, 4.69) is 16.0 Å². The van der Waals surface area contributed by atoms with Gasteiger partial charge in [0, 0.05) is 5.56 Å². The van der Waals surface area contributed by atoms with Crippen LogP contribution in [0.4, 0.5) is 5.69 Å². The van der Waals surface area contributed by atoms with Crippen molar-refractivity contribution in [3.8, 4) is 0 Å². The van der Waals surface area contributed by atoms with E-state index in [1.807, 2.05) is 0 Å². The Morgan fingerprint density at radius 1 is 1.10 bits per heavy atom. The summed E-state index contributed by atoms with van der Waals surface area (Å²) in [6, 6.07) is 1.05. The third-order valence-electron chi connectivity index (χ3n) is 4.14. The van der Waals surface area contributed by atoms with Crippen LogP contribution in [0.2, 0.25) is 5.02 Å². The second-order valence-electron chi connectivity index (χ2n) is 7.01. The summed E-state index contributed by atoms with van der Waals surface area (Å²) in [6.07, 6.45) is -0.278. The first-order chi connectivity index (χ1) is 14.0. The van der Waals surface area contributed by atoms with E-state index in [0.717, 1.165) is 0 Å². The summed E-state index contributed by atoms with van der Waals surface area (Å²) in [5.74, 6) is -3.48. The van der Waals surface area contributed by atoms with Gasteiger partial charge in [0.1, 0.15) is 18.4 Å². The molecule has 1 unspecified atom stereocenters. The molecule has 0 aliphatic rings. The number of amides is 3. The molecule has 0 spiro atoms. The zero-order chi connectivity index (χ0) is 23.0. The standard InChI is InChI=1S/C19H25ClN4O6/c1-9(2)16(24-18(29)11-4-5-14(21)13(20)6-11)19(30)22-10(3)17(28)23-12(8-25)7-15(26)27/h4-6,8-10,12,16H,7,21H2,1-3H3,(H,22,30)(H,23,28)(H,24,29)(H,26,27)/t10-,12-,16?/m0/s1. The number of aliphatic carboxylic acids is 1. The van der Waals surface area contributed by atoms with Crippen LogP contribution in [0.3, 0.4) is 0 Å². The van der Waals surface area contributed by atoms with Gasteiger partial charge in [-0.3, -0.25) is 19.2 Å². The van der Waals surface area contributed by atoms with E-state index in [9.17, 15) is 24.0 Å². The lowest BCUT2D eigenvalue weighted by Gasteiger charge is -2.24. The van der Waals surface area contributed by atoms with Crippen LogP contribution in [0.25, 0.3) is 0 Å². The molecular formula is C19H25ClN4O6. The van der Waals surface area contributed by atoms with Gasteiger partial charge in [-0.25, -0.2) is 0 Å². The highest BCUT2D eigenvalue weighted by Gasteiger charge is 2.28. The molecule has 1 aromatic rings. The number of nitrogen functional groups attached to an aromatic ring is 1. The average Bonchev–Trinajstić information content (AvgIpc) is 2.66. The molecule has 0 saturated carbocycles. The lowest BCUT2D eigenvalue weighted by atomic mass is 10.0. The molecule has 164 valence electrons. The molecule has 0 fully saturated rings. The van der Waals surface area contributed by atoms with Gasteiger partial charge < -0.3 is 31.6 Å². The number of carboxylic acids is 1. The van der Waals surface area contributed by atoms with Crippen LogP contribution in [-0.2, 0) is 19.2 Å². The van der Waals surface area contributed by atoms with Gasteiger partial charge in [0.25, 0.3) is 5.91 Å². The first-order valence-corrected chi connectivity index (χ1v) is 9.47. The summed E-state index contributed by atoms with van der Waals surface area (Å²) in [6.45, 7) is 4.79. The molecule has 0 saturated heterocycles. The van der Waals surface area contributed by atoms with Crippen molar-refractivity contribution in [1.82, 2.24) is 16.0 Å². The molecule has 0 heterocycles. The van der Waals surface area contributed by atoms with Gasteiger partial charge in [-0.05, 0) is 31.0 Å². The van der Waals surface area contributed by atoms with Gasteiger partial charge in [-0.2, -0.15) is 0 Å². The Morgan fingerprint density at radius 2 is 1.73 bits per heavy atom. The summed E-state index contributed by atoms with van der Waals surface area (Å²) in [4.78, 5) is 58.8. The molecule has 0 aliphatic heterocycles. The monoisotopic (exact) mass is 440 g/mol. The number of benzene rings is 1. The highest BCUT2D eigenvalue weighted by atomic mass is 35.5. The second-order valence-corrected chi connectivity index (χ2v) is 7.42. The minimum Gasteiger partial charge on any atom is -0.481 e. The Bertz CT molecular complexity index is 829. The van der Waals surface area contributed by atoms with Crippen molar-refractivity contribution in [1.29, 1.82) is 0 Å². The van der Waals surface area contributed by atoms with Crippen molar-refractivity contribution in [3.63, 3.8) is 0 Å². The number of nitrogens with two attached hydrogens (primary N) is 1. The van der Waals surface area contributed by atoms with E-state index in [-0.39, 0.29) is 16.5 Å². The molecule has 0 aliphatic carbocycles. The minimum atomic E-state index is -1.26. The van der Waals surface area contributed by atoms with Crippen molar-refractivity contribution in [2.75, 3.05) is 5.73 Å². The van der Waals surface area contributed by atoms with Gasteiger partial charge in [0.05, 0.1) is 23.2 Å². The third-order valence-corrected chi connectivity index (χ3v) is 4.46. The Balaban J connectivity index is 2.79. The van der Waals surface area contributed by atoms with Crippen LogP contribution < -0.4 is 21.7 Å². The van der Waals surface area contributed by atoms with Gasteiger partial charge in [-0.1, -0.05) is 25.4 Å². The van der Waals surface area contributed by atoms with Crippen LogP contribution in [-0.4, -0.2) is 53.2 Å². The molecular weight excluding hydrogens is 416 g/mol. The minimum absolute atomic E-state index is 0.199. The fourth-order valence-electron chi connectivity index (χ4n) is 2.43. The zero-order valence-electron chi connectivity index (χ0n) is 16.8. The quantitative estimate of drug-likeness (QED) is 0.258. The van der Waals surface area contributed by atoms with Crippen molar-refractivity contribution >= 4 is 47.3 Å². The molecule has 1 aromatic carbocycles. The van der Waals surface area contributed by atoms with E-state index in [1.165, 1.54) is 25.1 Å². The maximum Gasteiger partial charge on any atom is 0.305 e. The number of carboxylic acid groups (broad SMARTS) is 1. The van der Waals surface area contributed by atoms with Gasteiger partial charge >= 0.3 is 5.97 Å². The Labute approximate surface area is 178 Å². The molecule has 3 amide bonds. The Hall–Kier alpha value is -3.14. The SMILES string of the molecule is CC(C)C(NC(=O)c1ccc(N)c(Cl)c1)C(=O)N[C@@H](C)C(=O)N[C@H](C=O)CC(=O)O. The van der Waals surface area contributed by atoms with Crippen molar-refractivity contribution in [2.45, 2.75) is 45.3 Å². The molecule has 30 heavy (non-hydrogen) atoms. The van der Waals surface area contributed by atoms with Gasteiger partial charge in [0.2, 0.25) is 11.8 Å².